The van der Waals surface area contributed by atoms with E-state index in [4.69, 9.17) is 0 Å². The molecule has 1 aromatic carbocycles. The maximum Gasteiger partial charge on any atom is 0.221 e. The van der Waals surface area contributed by atoms with Gasteiger partial charge in [0.05, 0.1) is 0 Å². The van der Waals surface area contributed by atoms with Crippen LogP contribution in [0.4, 0.5) is 11.4 Å². The number of rotatable bonds is 4. The van der Waals surface area contributed by atoms with E-state index in [-0.39, 0.29) is 11.4 Å². The van der Waals surface area contributed by atoms with E-state index in [0.29, 0.717) is 0 Å². The first-order valence-electron chi connectivity index (χ1n) is 5.59. The molecule has 1 aromatic rings. The molecular weight excluding hydrogens is 200 g/mol. The molecule has 0 radical (unpaired) electrons. The molecular formula is C13H20N2O. The average molecular weight is 220 g/mol. The lowest BCUT2D eigenvalue weighted by molar-refractivity contribution is -0.114. The molecule has 0 aromatic heterocycles. The number of benzene rings is 1. The largest absolute Gasteiger partial charge is 0.380 e. The second-order valence-corrected chi connectivity index (χ2v) is 4.62. The molecule has 0 aliphatic heterocycles. The van der Waals surface area contributed by atoms with Crippen molar-refractivity contribution in [1.82, 2.24) is 0 Å². The van der Waals surface area contributed by atoms with Crippen molar-refractivity contribution in [2.45, 2.75) is 39.7 Å². The van der Waals surface area contributed by atoms with Gasteiger partial charge in [0.1, 0.15) is 0 Å². The third kappa shape index (κ3) is 3.93. The van der Waals surface area contributed by atoms with Gasteiger partial charge in [0.2, 0.25) is 5.91 Å². The zero-order valence-corrected chi connectivity index (χ0v) is 10.4. The number of amides is 1. The van der Waals surface area contributed by atoms with E-state index in [2.05, 4.69) is 31.4 Å². The van der Waals surface area contributed by atoms with Crippen LogP contribution in [-0.2, 0) is 4.79 Å². The van der Waals surface area contributed by atoms with E-state index < -0.39 is 0 Å². The van der Waals surface area contributed by atoms with Gasteiger partial charge < -0.3 is 10.6 Å². The van der Waals surface area contributed by atoms with Gasteiger partial charge in [-0.2, -0.15) is 0 Å². The summed E-state index contributed by atoms with van der Waals surface area (Å²) in [4.78, 5) is 10.8. The average Bonchev–Trinajstić information content (AvgIpc) is 2.20. The van der Waals surface area contributed by atoms with Gasteiger partial charge in [0.15, 0.2) is 0 Å². The quantitative estimate of drug-likeness (QED) is 0.817. The first kappa shape index (κ1) is 12.6. The number of anilines is 2. The van der Waals surface area contributed by atoms with Crippen molar-refractivity contribution in [1.29, 1.82) is 0 Å². The van der Waals surface area contributed by atoms with Crippen LogP contribution in [0, 0.1) is 0 Å². The standard InChI is InChI=1S/C13H20N2O/c1-5-13(3,4)15-12-8-6-11(7-9-12)14-10(2)16/h6-9,15H,5H2,1-4H3,(H,14,16). The highest BCUT2D eigenvalue weighted by molar-refractivity contribution is 5.88. The van der Waals surface area contributed by atoms with Crippen LogP contribution in [0.1, 0.15) is 34.1 Å². The van der Waals surface area contributed by atoms with Crippen molar-refractivity contribution in [2.75, 3.05) is 10.6 Å². The summed E-state index contributed by atoms with van der Waals surface area (Å²) >= 11 is 0. The Hall–Kier alpha value is -1.51. The van der Waals surface area contributed by atoms with Gasteiger partial charge in [-0.25, -0.2) is 0 Å². The predicted octanol–water partition coefficient (Wildman–Crippen LogP) is 3.25. The smallest absolute Gasteiger partial charge is 0.221 e. The van der Waals surface area contributed by atoms with E-state index in [1.807, 2.05) is 24.3 Å². The number of carbonyl (C=O) groups excluding carboxylic acids is 1. The van der Waals surface area contributed by atoms with E-state index in [1.54, 1.807) is 0 Å². The Balaban J connectivity index is 2.68. The maximum absolute atomic E-state index is 10.8. The molecule has 0 unspecified atom stereocenters. The summed E-state index contributed by atoms with van der Waals surface area (Å²) in [6.07, 6.45) is 1.06. The van der Waals surface area contributed by atoms with Gasteiger partial charge in [-0.3, -0.25) is 4.79 Å². The van der Waals surface area contributed by atoms with Crippen molar-refractivity contribution in [3.05, 3.63) is 24.3 Å². The lowest BCUT2D eigenvalue weighted by Gasteiger charge is -2.26. The fraction of sp³-hybridized carbons (Fsp3) is 0.462. The molecule has 2 N–H and O–H groups in total. The van der Waals surface area contributed by atoms with E-state index in [1.165, 1.54) is 6.92 Å². The molecule has 88 valence electrons. The van der Waals surface area contributed by atoms with Crippen LogP contribution in [0.3, 0.4) is 0 Å². The fourth-order valence-electron chi connectivity index (χ4n) is 1.32. The van der Waals surface area contributed by atoms with Gasteiger partial charge in [-0.1, -0.05) is 6.92 Å². The molecule has 3 heteroatoms. The van der Waals surface area contributed by atoms with Crippen LogP contribution in [0.5, 0.6) is 0 Å². The number of carbonyl (C=O) groups is 1. The van der Waals surface area contributed by atoms with Gasteiger partial charge in [0.25, 0.3) is 0 Å². The van der Waals surface area contributed by atoms with E-state index in [9.17, 15) is 4.79 Å². The Kier molecular flexibility index (Phi) is 3.93. The van der Waals surface area contributed by atoms with Crippen LogP contribution in [0.25, 0.3) is 0 Å². The molecule has 0 aliphatic rings. The zero-order chi connectivity index (χ0) is 12.2. The Morgan fingerprint density at radius 2 is 1.69 bits per heavy atom. The number of hydrogen-bond acceptors (Lipinski definition) is 2. The Morgan fingerprint density at radius 1 is 1.19 bits per heavy atom. The third-order valence-corrected chi connectivity index (χ3v) is 2.57. The van der Waals surface area contributed by atoms with Gasteiger partial charge in [-0.15, -0.1) is 0 Å². The van der Waals surface area contributed by atoms with E-state index in [0.717, 1.165) is 17.8 Å². The van der Waals surface area contributed by atoms with Crippen LogP contribution >= 0.6 is 0 Å². The van der Waals surface area contributed by atoms with Crippen molar-refractivity contribution < 1.29 is 4.79 Å². The molecule has 0 spiro atoms. The first-order valence-corrected chi connectivity index (χ1v) is 5.59. The topological polar surface area (TPSA) is 41.1 Å². The summed E-state index contributed by atoms with van der Waals surface area (Å²) in [7, 11) is 0. The molecule has 0 saturated carbocycles. The highest BCUT2D eigenvalue weighted by atomic mass is 16.1. The van der Waals surface area contributed by atoms with Crippen molar-refractivity contribution >= 4 is 17.3 Å². The minimum atomic E-state index is -0.0467. The summed E-state index contributed by atoms with van der Waals surface area (Å²) in [5.74, 6) is -0.0467. The predicted molar refractivity (Wildman–Crippen MR) is 68.7 cm³/mol. The SMILES string of the molecule is CCC(C)(C)Nc1ccc(NC(C)=O)cc1. The highest BCUT2D eigenvalue weighted by Gasteiger charge is 2.13. The highest BCUT2D eigenvalue weighted by Crippen LogP contribution is 2.19. The molecule has 1 rings (SSSR count). The minimum Gasteiger partial charge on any atom is -0.380 e. The summed E-state index contributed by atoms with van der Waals surface area (Å²) in [6.45, 7) is 7.98. The first-order chi connectivity index (χ1) is 7.43. The second-order valence-electron chi connectivity index (χ2n) is 4.62. The molecule has 0 atom stereocenters. The van der Waals surface area contributed by atoms with Crippen molar-refractivity contribution in [3.63, 3.8) is 0 Å². The summed E-state index contributed by atoms with van der Waals surface area (Å²) in [6, 6.07) is 7.75. The third-order valence-electron chi connectivity index (χ3n) is 2.57. The zero-order valence-electron chi connectivity index (χ0n) is 10.4. The molecule has 1 amide bonds. The summed E-state index contributed by atoms with van der Waals surface area (Å²) in [5, 5.41) is 6.18. The maximum atomic E-state index is 10.8. The summed E-state index contributed by atoms with van der Waals surface area (Å²) < 4.78 is 0. The van der Waals surface area contributed by atoms with Gasteiger partial charge in [0, 0.05) is 23.8 Å². The molecule has 0 aliphatic carbocycles. The monoisotopic (exact) mass is 220 g/mol. The molecule has 0 bridgehead atoms. The van der Waals surface area contributed by atoms with Crippen LogP contribution in [0.2, 0.25) is 0 Å². The molecule has 0 heterocycles. The van der Waals surface area contributed by atoms with Crippen LogP contribution in [0.15, 0.2) is 24.3 Å². The van der Waals surface area contributed by atoms with Gasteiger partial charge >= 0.3 is 0 Å². The Labute approximate surface area is 97.2 Å². The molecule has 0 saturated heterocycles. The van der Waals surface area contributed by atoms with Crippen molar-refractivity contribution in [3.8, 4) is 0 Å². The molecule has 16 heavy (non-hydrogen) atoms. The lowest BCUT2D eigenvalue weighted by atomic mass is 10.0. The summed E-state index contributed by atoms with van der Waals surface area (Å²) in [5.41, 5.74) is 1.99. The Morgan fingerprint density at radius 3 is 2.12 bits per heavy atom. The lowest BCUT2D eigenvalue weighted by Crippen LogP contribution is -2.29. The van der Waals surface area contributed by atoms with Crippen LogP contribution < -0.4 is 10.6 Å². The second kappa shape index (κ2) is 5.01. The van der Waals surface area contributed by atoms with E-state index >= 15 is 0 Å². The Bertz CT molecular complexity index is 355. The number of nitrogens with one attached hydrogen (secondary N) is 2. The normalized spacial score (nSPS) is 11.0. The minimum absolute atomic E-state index is 0.0467. The fourth-order valence-corrected chi connectivity index (χ4v) is 1.32. The molecule has 0 fully saturated rings. The number of hydrogen-bond donors (Lipinski definition) is 2. The van der Waals surface area contributed by atoms with Crippen molar-refractivity contribution in [2.24, 2.45) is 0 Å². The molecule has 3 nitrogen and oxygen atoms in total. The van der Waals surface area contributed by atoms with Gasteiger partial charge in [-0.05, 0) is 44.5 Å². The van der Waals surface area contributed by atoms with Crippen LogP contribution in [-0.4, -0.2) is 11.4 Å².